The molecule has 0 atom stereocenters. The van der Waals surface area contributed by atoms with Crippen LogP contribution in [0, 0.1) is 0 Å². The van der Waals surface area contributed by atoms with E-state index in [1.54, 1.807) is 0 Å². The summed E-state index contributed by atoms with van der Waals surface area (Å²) in [6, 6.07) is -0.268. The molecule has 1 aliphatic rings. The summed E-state index contributed by atoms with van der Waals surface area (Å²) in [5, 5.41) is 9.33. The molecule has 1 aromatic rings. The highest BCUT2D eigenvalue weighted by Gasteiger charge is 2.40. The van der Waals surface area contributed by atoms with Crippen molar-refractivity contribution in [3.8, 4) is 0 Å². The molecular formula is C10H14F3N3O3. The van der Waals surface area contributed by atoms with E-state index in [9.17, 15) is 13.2 Å². The summed E-state index contributed by atoms with van der Waals surface area (Å²) in [6.07, 6.45) is -3.30. The van der Waals surface area contributed by atoms with Gasteiger partial charge in [-0.25, -0.2) is 0 Å². The zero-order valence-corrected chi connectivity index (χ0v) is 10.3. The highest BCUT2D eigenvalue weighted by molar-refractivity contribution is 5.18. The number of ether oxygens (including phenoxy) is 2. The highest BCUT2D eigenvalue weighted by Crippen LogP contribution is 2.35. The third-order valence-corrected chi connectivity index (χ3v) is 2.95. The predicted octanol–water partition coefficient (Wildman–Crippen LogP) is 1.70. The van der Waals surface area contributed by atoms with Crippen LogP contribution in [0.1, 0.15) is 18.7 Å². The quantitative estimate of drug-likeness (QED) is 0.905. The van der Waals surface area contributed by atoms with Crippen molar-refractivity contribution >= 4 is 6.01 Å². The Labute approximate surface area is 107 Å². The number of halogens is 3. The molecule has 0 aromatic carbocycles. The first-order valence-corrected chi connectivity index (χ1v) is 5.73. The second-order valence-electron chi connectivity index (χ2n) is 4.19. The third kappa shape index (κ3) is 3.35. The van der Waals surface area contributed by atoms with Gasteiger partial charge in [-0.1, -0.05) is 5.10 Å². The van der Waals surface area contributed by atoms with Gasteiger partial charge in [0.2, 0.25) is 5.89 Å². The van der Waals surface area contributed by atoms with Gasteiger partial charge >= 0.3 is 12.2 Å². The lowest BCUT2D eigenvalue weighted by molar-refractivity contribution is -0.115. The van der Waals surface area contributed by atoms with Crippen LogP contribution in [0.4, 0.5) is 19.2 Å². The fourth-order valence-corrected chi connectivity index (χ4v) is 1.86. The van der Waals surface area contributed by atoms with E-state index in [2.05, 4.69) is 10.2 Å². The predicted molar refractivity (Wildman–Crippen MR) is 57.6 cm³/mol. The molecule has 0 bridgehead atoms. The Hall–Kier alpha value is -1.35. The molecule has 108 valence electrons. The number of alkyl halides is 3. The van der Waals surface area contributed by atoms with E-state index in [-0.39, 0.29) is 11.9 Å². The zero-order chi connectivity index (χ0) is 13.9. The summed E-state index contributed by atoms with van der Waals surface area (Å²) >= 11 is 0. The van der Waals surface area contributed by atoms with Gasteiger partial charge in [-0.15, -0.1) is 5.10 Å². The minimum Gasteiger partial charge on any atom is -0.405 e. The Morgan fingerprint density at radius 1 is 1.32 bits per heavy atom. The monoisotopic (exact) mass is 281 g/mol. The van der Waals surface area contributed by atoms with Crippen LogP contribution in [0.5, 0.6) is 0 Å². The van der Waals surface area contributed by atoms with Gasteiger partial charge in [0.15, 0.2) is 0 Å². The van der Waals surface area contributed by atoms with Crippen LogP contribution in [0.2, 0.25) is 0 Å². The number of nitrogens with zero attached hydrogens (tertiary/aromatic N) is 2. The molecule has 0 saturated carbocycles. The Balaban J connectivity index is 2.06. The fourth-order valence-electron chi connectivity index (χ4n) is 1.86. The van der Waals surface area contributed by atoms with Crippen LogP contribution in [0.3, 0.4) is 0 Å². The third-order valence-electron chi connectivity index (χ3n) is 2.95. The van der Waals surface area contributed by atoms with Crippen LogP contribution in [-0.4, -0.2) is 43.2 Å². The second kappa shape index (κ2) is 5.33. The van der Waals surface area contributed by atoms with Crippen molar-refractivity contribution in [3.05, 3.63) is 5.89 Å². The lowest BCUT2D eigenvalue weighted by atomic mass is 9.94. The molecule has 1 N–H and O–H groups in total. The summed E-state index contributed by atoms with van der Waals surface area (Å²) in [7, 11) is 1.50. The number of rotatable bonds is 4. The number of aromatic nitrogens is 2. The van der Waals surface area contributed by atoms with Crippen LogP contribution in [-0.2, 0) is 15.1 Å². The molecule has 2 rings (SSSR count). The summed E-state index contributed by atoms with van der Waals surface area (Å²) in [5.74, 6) is 0.169. The van der Waals surface area contributed by atoms with Gasteiger partial charge in [0.25, 0.3) is 0 Å². The molecule has 0 amide bonds. The summed E-state index contributed by atoms with van der Waals surface area (Å²) in [5.41, 5.74) is -0.774. The van der Waals surface area contributed by atoms with Gasteiger partial charge < -0.3 is 19.2 Å². The van der Waals surface area contributed by atoms with Gasteiger partial charge in [-0.05, 0) is 0 Å². The van der Waals surface area contributed by atoms with E-state index in [0.29, 0.717) is 26.1 Å². The van der Waals surface area contributed by atoms with E-state index >= 15 is 0 Å². The van der Waals surface area contributed by atoms with Crippen molar-refractivity contribution in [2.75, 3.05) is 32.2 Å². The van der Waals surface area contributed by atoms with Crippen LogP contribution in [0.25, 0.3) is 0 Å². The first kappa shape index (κ1) is 14.1. The van der Waals surface area contributed by atoms with Gasteiger partial charge in [0.1, 0.15) is 12.1 Å². The van der Waals surface area contributed by atoms with E-state index < -0.39 is 18.3 Å². The standard InChI is InChI=1S/C10H14F3N3O3/c1-17-9(2-4-18-5-3-9)7-15-16-8(19-7)14-6-10(11,12)13/h2-6H2,1H3,(H,14,16). The maximum absolute atomic E-state index is 12.1. The number of hydrogen-bond donors (Lipinski definition) is 1. The molecule has 0 aliphatic carbocycles. The Kier molecular flexibility index (Phi) is 3.95. The van der Waals surface area contributed by atoms with Gasteiger partial charge in [0.05, 0.1) is 0 Å². The maximum atomic E-state index is 12.1. The van der Waals surface area contributed by atoms with E-state index in [0.717, 1.165) is 0 Å². The number of methoxy groups -OCH3 is 1. The molecule has 0 radical (unpaired) electrons. The van der Waals surface area contributed by atoms with Crippen molar-refractivity contribution in [1.82, 2.24) is 10.2 Å². The van der Waals surface area contributed by atoms with E-state index in [4.69, 9.17) is 13.9 Å². The molecule has 1 fully saturated rings. The minimum atomic E-state index is -4.34. The molecule has 2 heterocycles. The van der Waals surface area contributed by atoms with Crippen LogP contribution in [0.15, 0.2) is 4.42 Å². The largest absolute Gasteiger partial charge is 0.405 e. The van der Waals surface area contributed by atoms with E-state index in [1.807, 2.05) is 5.32 Å². The zero-order valence-electron chi connectivity index (χ0n) is 10.3. The molecule has 1 saturated heterocycles. The number of anilines is 1. The van der Waals surface area contributed by atoms with Crippen molar-refractivity contribution in [2.45, 2.75) is 24.6 Å². The summed E-state index contributed by atoms with van der Waals surface area (Å²) in [6.45, 7) is -0.277. The maximum Gasteiger partial charge on any atom is 0.405 e. The SMILES string of the molecule is COC1(c2nnc(NCC(F)(F)F)o2)CCOCC1. The van der Waals surface area contributed by atoms with Gasteiger partial charge in [-0.3, -0.25) is 0 Å². The Morgan fingerprint density at radius 3 is 2.58 bits per heavy atom. The lowest BCUT2D eigenvalue weighted by Crippen LogP contribution is -2.36. The minimum absolute atomic E-state index is 0.169. The van der Waals surface area contributed by atoms with Crippen LogP contribution >= 0.6 is 0 Å². The average molecular weight is 281 g/mol. The van der Waals surface area contributed by atoms with Crippen molar-refractivity contribution in [2.24, 2.45) is 0 Å². The lowest BCUT2D eigenvalue weighted by Gasteiger charge is -2.32. The van der Waals surface area contributed by atoms with Crippen molar-refractivity contribution in [1.29, 1.82) is 0 Å². The summed E-state index contributed by atoms with van der Waals surface area (Å²) < 4.78 is 52.0. The number of hydrogen-bond acceptors (Lipinski definition) is 6. The normalized spacial score (nSPS) is 19.4. The fraction of sp³-hybridized carbons (Fsp3) is 0.800. The Bertz CT molecular complexity index is 416. The molecule has 6 nitrogen and oxygen atoms in total. The molecule has 0 spiro atoms. The average Bonchev–Trinajstić information content (AvgIpc) is 2.86. The molecular weight excluding hydrogens is 267 g/mol. The van der Waals surface area contributed by atoms with Crippen molar-refractivity contribution in [3.63, 3.8) is 0 Å². The first-order valence-electron chi connectivity index (χ1n) is 5.73. The van der Waals surface area contributed by atoms with Gasteiger partial charge in [0, 0.05) is 33.2 Å². The molecule has 1 aromatic heterocycles. The van der Waals surface area contributed by atoms with Crippen molar-refractivity contribution < 1.29 is 27.1 Å². The molecule has 1 aliphatic heterocycles. The van der Waals surface area contributed by atoms with E-state index in [1.165, 1.54) is 7.11 Å². The Morgan fingerprint density at radius 2 is 2.00 bits per heavy atom. The summed E-state index contributed by atoms with van der Waals surface area (Å²) in [4.78, 5) is 0. The van der Waals surface area contributed by atoms with Gasteiger partial charge in [-0.2, -0.15) is 13.2 Å². The van der Waals surface area contributed by atoms with Crippen LogP contribution < -0.4 is 5.32 Å². The molecule has 9 heteroatoms. The second-order valence-corrected chi connectivity index (χ2v) is 4.19. The number of nitrogens with one attached hydrogen (secondary N) is 1. The highest BCUT2D eigenvalue weighted by atomic mass is 19.4. The topological polar surface area (TPSA) is 69.4 Å². The molecule has 19 heavy (non-hydrogen) atoms. The first-order chi connectivity index (χ1) is 8.95. The molecule has 0 unspecified atom stereocenters. The smallest absolute Gasteiger partial charge is 0.405 e.